The minimum absolute atomic E-state index is 0.263. The maximum Gasteiger partial charge on any atom is 0.206 e. The maximum atomic E-state index is 13.2. The van der Waals surface area contributed by atoms with Crippen LogP contribution in [0, 0.1) is 5.82 Å². The van der Waals surface area contributed by atoms with Crippen LogP contribution in [0.4, 0.5) is 4.39 Å². The lowest BCUT2D eigenvalue weighted by molar-refractivity contribution is 0.628. The van der Waals surface area contributed by atoms with Crippen molar-refractivity contribution in [1.29, 1.82) is 0 Å². The van der Waals surface area contributed by atoms with Gasteiger partial charge in [-0.05, 0) is 42.0 Å². The van der Waals surface area contributed by atoms with Crippen molar-refractivity contribution in [3.05, 3.63) is 87.2 Å². The summed E-state index contributed by atoms with van der Waals surface area (Å²) in [7, 11) is 0. The molecule has 0 unspecified atom stereocenters. The Bertz CT molecular complexity index is 954. The second kappa shape index (κ2) is 8.18. The molecule has 0 N–H and O–H groups in total. The largest absolute Gasteiger partial charge is 0.253 e. The molecule has 0 saturated carbocycles. The molecule has 0 aliphatic rings. The first-order valence-electron chi connectivity index (χ1n) is 7.55. The Morgan fingerprint density at radius 1 is 1.12 bits per heavy atom. The first kappa shape index (κ1) is 17.5. The predicted octanol–water partition coefficient (Wildman–Crippen LogP) is 5.09. The van der Waals surface area contributed by atoms with Crippen molar-refractivity contribution in [3.63, 3.8) is 0 Å². The molecule has 3 aromatic rings. The summed E-state index contributed by atoms with van der Waals surface area (Å²) in [6, 6.07) is 14.2. The van der Waals surface area contributed by atoms with Gasteiger partial charge in [-0.25, -0.2) is 9.07 Å². The number of halogens is 2. The van der Waals surface area contributed by atoms with Crippen LogP contribution in [0.15, 0.2) is 81.1 Å². The van der Waals surface area contributed by atoms with Crippen LogP contribution in [0.5, 0.6) is 0 Å². The van der Waals surface area contributed by atoms with Gasteiger partial charge in [0.2, 0.25) is 4.80 Å². The van der Waals surface area contributed by atoms with E-state index in [1.165, 1.54) is 23.5 Å². The van der Waals surface area contributed by atoms with Crippen molar-refractivity contribution in [1.82, 2.24) is 4.68 Å². The van der Waals surface area contributed by atoms with Crippen LogP contribution in [-0.2, 0) is 0 Å². The number of benzene rings is 2. The Morgan fingerprint density at radius 2 is 1.84 bits per heavy atom. The van der Waals surface area contributed by atoms with Crippen LogP contribution in [0.25, 0.3) is 11.3 Å². The van der Waals surface area contributed by atoms with E-state index in [0.717, 1.165) is 26.1 Å². The first-order chi connectivity index (χ1) is 12.2. The fraction of sp³-hybridized carbons (Fsp3) is 0.0526. The molecule has 0 aliphatic carbocycles. The number of aromatic nitrogens is 1. The topological polar surface area (TPSA) is 29.6 Å². The quantitative estimate of drug-likeness (QED) is 0.410. The van der Waals surface area contributed by atoms with Gasteiger partial charge in [-0.15, -0.1) is 17.9 Å². The highest BCUT2D eigenvalue weighted by Gasteiger charge is 2.07. The normalized spacial score (nSPS) is 12.0. The molecule has 0 aliphatic heterocycles. The molecule has 6 heteroatoms. The van der Waals surface area contributed by atoms with Gasteiger partial charge in [-0.2, -0.15) is 5.10 Å². The summed E-state index contributed by atoms with van der Waals surface area (Å²) in [4.78, 5) is 5.24. The van der Waals surface area contributed by atoms with Gasteiger partial charge >= 0.3 is 0 Å². The number of hydrogen-bond donors (Lipinski definition) is 0. The molecule has 0 amide bonds. The molecule has 0 bridgehead atoms. The Labute approximate surface area is 157 Å². The summed E-state index contributed by atoms with van der Waals surface area (Å²) in [6.45, 7) is 4.21. The lowest BCUT2D eigenvalue weighted by Crippen LogP contribution is -2.12. The Morgan fingerprint density at radius 3 is 2.52 bits per heavy atom. The van der Waals surface area contributed by atoms with Crippen LogP contribution in [0.2, 0.25) is 0 Å². The molecule has 0 atom stereocenters. The van der Waals surface area contributed by atoms with Gasteiger partial charge in [0.1, 0.15) is 5.82 Å². The summed E-state index contributed by atoms with van der Waals surface area (Å²) < 4.78 is 16.0. The van der Waals surface area contributed by atoms with E-state index in [-0.39, 0.29) is 5.82 Å². The fourth-order valence-electron chi connectivity index (χ4n) is 2.15. The van der Waals surface area contributed by atoms with E-state index in [0.29, 0.717) is 6.54 Å². The van der Waals surface area contributed by atoms with Crippen molar-refractivity contribution in [2.75, 3.05) is 6.54 Å². The van der Waals surface area contributed by atoms with E-state index < -0.39 is 0 Å². The van der Waals surface area contributed by atoms with Crippen molar-refractivity contribution >= 4 is 33.5 Å². The summed E-state index contributed by atoms with van der Waals surface area (Å²) in [5, 5.41) is 6.55. The van der Waals surface area contributed by atoms with E-state index >= 15 is 0 Å². The molecule has 0 spiro atoms. The highest BCUT2D eigenvalue weighted by molar-refractivity contribution is 9.10. The zero-order valence-corrected chi connectivity index (χ0v) is 15.7. The summed E-state index contributed by atoms with van der Waals surface area (Å²) in [5.74, 6) is -0.263. The van der Waals surface area contributed by atoms with E-state index in [1.54, 1.807) is 29.1 Å². The van der Waals surface area contributed by atoms with E-state index in [9.17, 15) is 4.39 Å². The highest BCUT2D eigenvalue weighted by Crippen LogP contribution is 2.20. The number of nitrogens with zero attached hydrogens (tertiary/aromatic N) is 3. The van der Waals surface area contributed by atoms with Gasteiger partial charge in [-0.1, -0.05) is 34.1 Å². The standard InChI is InChI=1S/C19H15BrFN3S/c1-2-11-22-19-24(23-12-14-3-7-16(20)8-4-14)18(13-25-19)15-5-9-17(21)10-6-15/h2-10,12-13H,1,11H2. The minimum Gasteiger partial charge on any atom is -0.253 e. The van der Waals surface area contributed by atoms with Gasteiger partial charge in [0.05, 0.1) is 18.5 Å². The van der Waals surface area contributed by atoms with Crippen LogP contribution in [0.1, 0.15) is 5.56 Å². The molecule has 1 aromatic heterocycles. The zero-order valence-electron chi connectivity index (χ0n) is 13.3. The molecule has 0 radical (unpaired) electrons. The first-order valence-corrected chi connectivity index (χ1v) is 9.22. The third-order valence-electron chi connectivity index (χ3n) is 3.37. The zero-order chi connectivity index (χ0) is 17.6. The predicted molar refractivity (Wildman–Crippen MR) is 105 cm³/mol. The summed E-state index contributed by atoms with van der Waals surface area (Å²) in [6.07, 6.45) is 3.51. The van der Waals surface area contributed by atoms with Crippen molar-refractivity contribution < 1.29 is 4.39 Å². The SMILES string of the molecule is C=CCN=c1scc(-c2ccc(F)cc2)n1N=Cc1ccc(Br)cc1. The molecule has 0 fully saturated rings. The number of rotatable bonds is 5. The van der Waals surface area contributed by atoms with Crippen LogP contribution >= 0.6 is 27.3 Å². The molecular weight excluding hydrogens is 401 g/mol. The van der Waals surface area contributed by atoms with Gasteiger partial charge < -0.3 is 0 Å². The van der Waals surface area contributed by atoms with Crippen molar-refractivity contribution in [3.8, 4) is 11.3 Å². The van der Waals surface area contributed by atoms with E-state index in [2.05, 4.69) is 32.6 Å². The molecule has 126 valence electrons. The number of hydrogen-bond acceptors (Lipinski definition) is 3. The Kier molecular flexibility index (Phi) is 5.73. The van der Waals surface area contributed by atoms with Crippen molar-refractivity contribution in [2.24, 2.45) is 10.1 Å². The molecule has 1 heterocycles. The average molecular weight is 416 g/mol. The minimum atomic E-state index is -0.263. The van der Waals surface area contributed by atoms with Crippen LogP contribution in [0.3, 0.4) is 0 Å². The van der Waals surface area contributed by atoms with Gasteiger partial charge in [0.15, 0.2) is 0 Å². The fourth-order valence-corrected chi connectivity index (χ4v) is 3.27. The lowest BCUT2D eigenvalue weighted by atomic mass is 10.2. The molecule has 3 rings (SSSR count). The summed E-state index contributed by atoms with van der Waals surface area (Å²) >= 11 is 4.91. The Hall–Kier alpha value is -2.31. The molecule has 3 nitrogen and oxygen atoms in total. The highest BCUT2D eigenvalue weighted by atomic mass is 79.9. The van der Waals surface area contributed by atoms with Gasteiger partial charge in [-0.3, -0.25) is 4.99 Å². The third-order valence-corrected chi connectivity index (χ3v) is 4.76. The second-order valence-corrected chi connectivity index (χ2v) is 6.90. The molecule has 0 saturated heterocycles. The maximum absolute atomic E-state index is 13.2. The average Bonchev–Trinajstić information content (AvgIpc) is 3.03. The third kappa shape index (κ3) is 4.41. The summed E-state index contributed by atoms with van der Waals surface area (Å²) in [5.41, 5.74) is 2.72. The van der Waals surface area contributed by atoms with Gasteiger partial charge in [0, 0.05) is 15.4 Å². The smallest absolute Gasteiger partial charge is 0.206 e. The molecular formula is C19H15BrFN3S. The van der Waals surface area contributed by atoms with E-state index in [4.69, 9.17) is 0 Å². The molecule has 25 heavy (non-hydrogen) atoms. The second-order valence-electron chi connectivity index (χ2n) is 5.15. The molecule has 2 aromatic carbocycles. The Balaban J connectivity index is 2.05. The lowest BCUT2D eigenvalue weighted by Gasteiger charge is -2.03. The van der Waals surface area contributed by atoms with Crippen LogP contribution in [-0.4, -0.2) is 17.4 Å². The monoisotopic (exact) mass is 415 g/mol. The number of thiazole rings is 1. The van der Waals surface area contributed by atoms with Gasteiger partial charge in [0.25, 0.3) is 0 Å². The van der Waals surface area contributed by atoms with Crippen LogP contribution < -0.4 is 4.80 Å². The van der Waals surface area contributed by atoms with E-state index in [1.807, 2.05) is 29.6 Å². The van der Waals surface area contributed by atoms with Crippen molar-refractivity contribution in [2.45, 2.75) is 0 Å².